The van der Waals surface area contributed by atoms with E-state index in [1.54, 1.807) is 84.9 Å². The molecule has 26 heavy (non-hydrogen) atoms. The summed E-state index contributed by atoms with van der Waals surface area (Å²) in [6.07, 6.45) is 0. The first-order valence-corrected chi connectivity index (χ1v) is 11.3. The Morgan fingerprint density at radius 2 is 0.885 bits per heavy atom. The highest BCUT2D eigenvalue weighted by atomic mass is 32.2. The maximum absolute atomic E-state index is 12.5. The van der Waals surface area contributed by atoms with Crippen molar-refractivity contribution in [3.63, 3.8) is 0 Å². The van der Waals surface area contributed by atoms with E-state index in [0.29, 0.717) is 11.1 Å². The van der Waals surface area contributed by atoms with E-state index in [1.165, 1.54) is 0 Å². The van der Waals surface area contributed by atoms with Gasteiger partial charge in [-0.25, -0.2) is 16.8 Å². The zero-order valence-corrected chi connectivity index (χ0v) is 15.6. The van der Waals surface area contributed by atoms with Crippen molar-refractivity contribution in [3.8, 4) is 0 Å². The second kappa shape index (κ2) is 7.43. The van der Waals surface area contributed by atoms with Crippen molar-refractivity contribution in [2.75, 3.05) is 0 Å². The van der Waals surface area contributed by atoms with Crippen LogP contribution >= 0.6 is 0 Å². The van der Waals surface area contributed by atoms with Gasteiger partial charge >= 0.3 is 0 Å². The Bertz CT molecular complexity index is 1000. The first kappa shape index (κ1) is 18.4. The van der Waals surface area contributed by atoms with Gasteiger partial charge < -0.3 is 0 Å². The third-order valence-electron chi connectivity index (χ3n) is 3.91. The topological polar surface area (TPSA) is 68.3 Å². The van der Waals surface area contributed by atoms with Gasteiger partial charge in [0.25, 0.3) is 0 Å². The highest BCUT2D eigenvalue weighted by Crippen LogP contribution is 2.20. The Kier molecular flexibility index (Phi) is 5.25. The molecule has 0 fully saturated rings. The zero-order valence-electron chi connectivity index (χ0n) is 13.9. The minimum absolute atomic E-state index is 0.170. The smallest absolute Gasteiger partial charge is 0.182 e. The van der Waals surface area contributed by atoms with Crippen LogP contribution in [0, 0.1) is 0 Å². The van der Waals surface area contributed by atoms with Crippen LogP contribution in [0.1, 0.15) is 11.1 Å². The molecule has 0 bridgehead atoms. The molecule has 0 N–H and O–H groups in total. The van der Waals surface area contributed by atoms with Gasteiger partial charge in [-0.1, -0.05) is 60.7 Å². The minimum atomic E-state index is -3.48. The standard InChI is InChI=1S/C20H18O4S2/c21-25(22,19-10-3-1-4-11-19)15-17-8-7-9-18(14-17)16-26(23,24)20-12-5-2-6-13-20/h1-14H,15-16H2. The number of benzene rings is 3. The van der Waals surface area contributed by atoms with Crippen LogP contribution in [0.5, 0.6) is 0 Å². The van der Waals surface area contributed by atoms with E-state index in [-0.39, 0.29) is 21.3 Å². The molecule has 0 atom stereocenters. The van der Waals surface area contributed by atoms with E-state index in [0.717, 1.165) is 0 Å². The van der Waals surface area contributed by atoms with Gasteiger partial charge in [0.05, 0.1) is 21.3 Å². The van der Waals surface area contributed by atoms with Gasteiger partial charge in [-0.05, 0) is 35.4 Å². The molecule has 0 saturated heterocycles. The Hall–Kier alpha value is -2.44. The maximum Gasteiger partial charge on any atom is 0.182 e. The molecule has 0 aliphatic rings. The molecule has 134 valence electrons. The zero-order chi connectivity index (χ0) is 18.6. The molecule has 3 aromatic carbocycles. The molecule has 0 aliphatic heterocycles. The van der Waals surface area contributed by atoms with E-state index in [4.69, 9.17) is 0 Å². The molecular weight excluding hydrogens is 368 g/mol. The summed E-state index contributed by atoms with van der Waals surface area (Å²) >= 11 is 0. The van der Waals surface area contributed by atoms with E-state index >= 15 is 0 Å². The molecule has 0 unspecified atom stereocenters. The Morgan fingerprint density at radius 3 is 1.27 bits per heavy atom. The summed E-state index contributed by atoms with van der Waals surface area (Å²) in [6.45, 7) is 0. The van der Waals surface area contributed by atoms with Crippen LogP contribution in [-0.2, 0) is 31.2 Å². The van der Waals surface area contributed by atoms with Gasteiger partial charge in [0.1, 0.15) is 0 Å². The fourth-order valence-corrected chi connectivity index (χ4v) is 5.38. The Morgan fingerprint density at radius 1 is 0.500 bits per heavy atom. The molecule has 0 aromatic heterocycles. The van der Waals surface area contributed by atoms with Crippen molar-refractivity contribution < 1.29 is 16.8 Å². The monoisotopic (exact) mass is 386 g/mol. The van der Waals surface area contributed by atoms with E-state index in [9.17, 15) is 16.8 Å². The van der Waals surface area contributed by atoms with Gasteiger partial charge in [-0.3, -0.25) is 0 Å². The van der Waals surface area contributed by atoms with Gasteiger partial charge in [0.15, 0.2) is 19.7 Å². The maximum atomic E-state index is 12.5. The van der Waals surface area contributed by atoms with Crippen LogP contribution in [0.2, 0.25) is 0 Å². The molecule has 0 spiro atoms. The number of rotatable bonds is 6. The van der Waals surface area contributed by atoms with Gasteiger partial charge in [-0.2, -0.15) is 0 Å². The van der Waals surface area contributed by atoms with Crippen LogP contribution in [0.4, 0.5) is 0 Å². The second-order valence-electron chi connectivity index (χ2n) is 5.96. The normalized spacial score (nSPS) is 12.0. The molecule has 3 rings (SSSR count). The lowest BCUT2D eigenvalue weighted by Gasteiger charge is -2.08. The lowest BCUT2D eigenvalue weighted by atomic mass is 10.2. The molecule has 0 heterocycles. The van der Waals surface area contributed by atoms with Crippen molar-refractivity contribution >= 4 is 19.7 Å². The molecule has 0 amide bonds. The third-order valence-corrected chi connectivity index (χ3v) is 7.32. The molecular formula is C20H18O4S2. The van der Waals surface area contributed by atoms with Gasteiger partial charge in [0, 0.05) is 0 Å². The van der Waals surface area contributed by atoms with E-state index < -0.39 is 19.7 Å². The van der Waals surface area contributed by atoms with Gasteiger partial charge in [-0.15, -0.1) is 0 Å². The summed E-state index contributed by atoms with van der Waals surface area (Å²) in [5.74, 6) is -0.341. The predicted molar refractivity (Wildman–Crippen MR) is 101 cm³/mol. The third kappa shape index (κ3) is 4.39. The van der Waals surface area contributed by atoms with Crippen molar-refractivity contribution in [1.82, 2.24) is 0 Å². The van der Waals surface area contributed by atoms with Crippen LogP contribution < -0.4 is 0 Å². The molecule has 6 heteroatoms. The van der Waals surface area contributed by atoms with Crippen molar-refractivity contribution in [1.29, 1.82) is 0 Å². The Balaban J connectivity index is 1.83. The Labute approximate surface area is 154 Å². The fraction of sp³-hybridized carbons (Fsp3) is 0.100. The summed E-state index contributed by atoms with van der Waals surface area (Å²) in [5, 5.41) is 0. The first-order chi connectivity index (χ1) is 12.4. The minimum Gasteiger partial charge on any atom is -0.223 e. The molecule has 0 radical (unpaired) electrons. The number of sulfone groups is 2. The number of hydrogen-bond acceptors (Lipinski definition) is 4. The quantitative estimate of drug-likeness (QED) is 0.649. The highest BCUT2D eigenvalue weighted by Gasteiger charge is 2.17. The average molecular weight is 386 g/mol. The van der Waals surface area contributed by atoms with Crippen LogP contribution in [-0.4, -0.2) is 16.8 Å². The summed E-state index contributed by atoms with van der Waals surface area (Å²) in [5.41, 5.74) is 1.13. The van der Waals surface area contributed by atoms with Crippen LogP contribution in [0.3, 0.4) is 0 Å². The molecule has 3 aromatic rings. The SMILES string of the molecule is O=S(=O)(Cc1cccc(CS(=O)(=O)c2ccccc2)c1)c1ccccc1. The van der Waals surface area contributed by atoms with Gasteiger partial charge in [0.2, 0.25) is 0 Å². The predicted octanol–water partition coefficient (Wildman–Crippen LogP) is 3.63. The van der Waals surface area contributed by atoms with Crippen LogP contribution in [0.15, 0.2) is 94.7 Å². The molecule has 0 saturated carbocycles. The highest BCUT2D eigenvalue weighted by molar-refractivity contribution is 7.91. The van der Waals surface area contributed by atoms with E-state index in [1.807, 2.05) is 0 Å². The summed E-state index contributed by atoms with van der Waals surface area (Å²) < 4.78 is 50.0. The summed E-state index contributed by atoms with van der Waals surface area (Å²) in [7, 11) is -6.95. The number of hydrogen-bond donors (Lipinski definition) is 0. The summed E-state index contributed by atoms with van der Waals surface area (Å²) in [4.78, 5) is 0.504. The lowest BCUT2D eigenvalue weighted by Crippen LogP contribution is -2.07. The van der Waals surface area contributed by atoms with Crippen molar-refractivity contribution in [2.24, 2.45) is 0 Å². The fourth-order valence-electron chi connectivity index (χ4n) is 2.67. The van der Waals surface area contributed by atoms with E-state index in [2.05, 4.69) is 0 Å². The molecule has 0 aliphatic carbocycles. The van der Waals surface area contributed by atoms with Crippen LogP contribution in [0.25, 0.3) is 0 Å². The first-order valence-electron chi connectivity index (χ1n) is 8.00. The van der Waals surface area contributed by atoms with Crippen molar-refractivity contribution in [3.05, 3.63) is 96.1 Å². The largest absolute Gasteiger partial charge is 0.223 e. The molecule has 4 nitrogen and oxygen atoms in total. The second-order valence-corrected chi connectivity index (χ2v) is 9.94. The van der Waals surface area contributed by atoms with Crippen molar-refractivity contribution in [2.45, 2.75) is 21.3 Å². The lowest BCUT2D eigenvalue weighted by molar-refractivity contribution is 0.594. The average Bonchev–Trinajstić information content (AvgIpc) is 2.63. The summed E-state index contributed by atoms with van der Waals surface area (Å²) in [6, 6.07) is 23.2.